The first-order valence-electron chi connectivity index (χ1n) is 28.5. The van der Waals surface area contributed by atoms with Crippen LogP contribution in [-0.2, 0) is 28.9 Å². The van der Waals surface area contributed by atoms with Crippen LogP contribution in [0, 0.1) is 0 Å². The molecule has 1 saturated heterocycles. The molecule has 0 radical (unpaired) electrons. The molecule has 14 heteroatoms. The quantitative estimate of drug-likeness (QED) is 0.0172. The minimum Gasteiger partial charge on any atom is -0.394 e. The van der Waals surface area contributed by atoms with E-state index in [-0.39, 0.29) is 6.42 Å². The van der Waals surface area contributed by atoms with Crippen molar-refractivity contribution in [3.8, 4) is 0 Å². The maximum absolute atomic E-state index is 13.2. The van der Waals surface area contributed by atoms with E-state index in [0.29, 0.717) is 12.8 Å². The average Bonchev–Trinajstić information content (AvgIpc) is 3.33. The number of aliphatic hydroxyl groups excluding tert-OH is 5. The fraction of sp³-hybridized carbons (Fsp3) is 0.875. The smallest absolute Gasteiger partial charge is 0.394 e. The monoisotopic (exact) mass is 1020 g/mol. The Morgan fingerprint density at radius 2 is 0.957 bits per heavy atom. The normalized spacial score (nSPS) is 20.3. The van der Waals surface area contributed by atoms with Gasteiger partial charge in [0.1, 0.15) is 30.5 Å². The van der Waals surface area contributed by atoms with Crippen LogP contribution in [-0.4, -0.2) is 107 Å². The standard InChI is InChI=1S/C56H105NO12S/c1-3-5-7-9-11-13-15-17-19-21-23-24-25-27-29-31-33-35-37-39-41-43-45-50(60)55(63)57-48(47-67-56-53(62)54(69-70(64,65)66)52(61)51(46-58)68-56)49(59)44-42-40-38-36-34-32-30-28-26-22-20-18-16-14-12-10-8-6-4-2/h27,29,34,36,42,44,48-54,56,58-62H,3-26,28,30-33,35,37-41,43,45-47H2,1-2H3,(H,57,63)(H,64,65,66)/b29-27-,36-34+,44-42+. The van der Waals surface area contributed by atoms with Gasteiger partial charge < -0.3 is 40.3 Å². The van der Waals surface area contributed by atoms with Crippen molar-refractivity contribution >= 4 is 16.3 Å². The molecule has 0 aliphatic carbocycles. The largest absolute Gasteiger partial charge is 0.397 e. The lowest BCUT2D eigenvalue weighted by atomic mass is 9.99. The molecule has 1 heterocycles. The van der Waals surface area contributed by atoms with E-state index in [9.17, 15) is 43.3 Å². The molecular formula is C56H105NO12S. The minimum absolute atomic E-state index is 0.230. The van der Waals surface area contributed by atoms with E-state index in [4.69, 9.17) is 9.47 Å². The van der Waals surface area contributed by atoms with Gasteiger partial charge in [0.05, 0.1) is 25.4 Å². The lowest BCUT2D eigenvalue weighted by molar-refractivity contribution is -0.298. The van der Waals surface area contributed by atoms with Gasteiger partial charge >= 0.3 is 10.4 Å². The first kappa shape index (κ1) is 66.3. The maximum atomic E-state index is 13.2. The highest BCUT2D eigenvalue weighted by Gasteiger charge is 2.48. The Labute approximate surface area is 427 Å². The molecule has 1 rings (SSSR count). The number of hydrogen-bond donors (Lipinski definition) is 7. The van der Waals surface area contributed by atoms with E-state index in [1.54, 1.807) is 6.08 Å². The van der Waals surface area contributed by atoms with Gasteiger partial charge in [-0.15, -0.1) is 0 Å². The number of ether oxygens (including phenoxy) is 2. The van der Waals surface area contributed by atoms with Crippen molar-refractivity contribution in [1.82, 2.24) is 5.32 Å². The van der Waals surface area contributed by atoms with Crippen LogP contribution < -0.4 is 5.32 Å². The Kier molecular flexibility index (Phi) is 43.4. The Morgan fingerprint density at radius 1 is 0.571 bits per heavy atom. The summed E-state index contributed by atoms with van der Waals surface area (Å²) in [5, 5.41) is 55.5. The predicted octanol–water partition coefficient (Wildman–Crippen LogP) is 12.0. The summed E-state index contributed by atoms with van der Waals surface area (Å²) >= 11 is 0. The molecule has 13 nitrogen and oxygen atoms in total. The number of carbonyl (C=O) groups is 1. The molecule has 0 bridgehead atoms. The number of hydrogen-bond acceptors (Lipinski definition) is 11. The predicted molar refractivity (Wildman–Crippen MR) is 284 cm³/mol. The molecule has 1 aliphatic rings. The van der Waals surface area contributed by atoms with E-state index >= 15 is 0 Å². The van der Waals surface area contributed by atoms with E-state index in [0.717, 1.165) is 64.2 Å². The highest BCUT2D eigenvalue weighted by Crippen LogP contribution is 2.26. The lowest BCUT2D eigenvalue weighted by Gasteiger charge is -2.41. The first-order chi connectivity index (χ1) is 33.9. The molecule has 0 aromatic carbocycles. The van der Waals surface area contributed by atoms with Crippen LogP contribution in [0.25, 0.3) is 0 Å². The van der Waals surface area contributed by atoms with Crippen molar-refractivity contribution in [2.24, 2.45) is 0 Å². The average molecular weight is 1020 g/mol. The van der Waals surface area contributed by atoms with Crippen molar-refractivity contribution in [2.75, 3.05) is 13.2 Å². The Hall–Kier alpha value is -1.72. The van der Waals surface area contributed by atoms with Crippen molar-refractivity contribution in [3.63, 3.8) is 0 Å². The fourth-order valence-corrected chi connectivity index (χ4v) is 9.51. The summed E-state index contributed by atoms with van der Waals surface area (Å²) in [7, 11) is -5.13. The third-order valence-electron chi connectivity index (χ3n) is 13.5. The molecule has 1 fully saturated rings. The van der Waals surface area contributed by atoms with E-state index < -0.39 is 78.5 Å². The molecule has 0 aromatic heterocycles. The van der Waals surface area contributed by atoms with Crippen molar-refractivity contribution in [3.05, 3.63) is 36.5 Å². The zero-order valence-electron chi connectivity index (χ0n) is 44.2. The van der Waals surface area contributed by atoms with Gasteiger partial charge in [-0.05, 0) is 57.8 Å². The second kappa shape index (κ2) is 45.9. The van der Waals surface area contributed by atoms with Gasteiger partial charge in [-0.1, -0.05) is 230 Å². The third kappa shape index (κ3) is 37.1. The minimum atomic E-state index is -5.13. The molecule has 0 aromatic rings. The third-order valence-corrected chi connectivity index (χ3v) is 14.0. The van der Waals surface area contributed by atoms with Gasteiger partial charge in [0, 0.05) is 0 Å². The van der Waals surface area contributed by atoms with Gasteiger partial charge in [-0.2, -0.15) is 8.42 Å². The van der Waals surface area contributed by atoms with E-state index in [1.165, 1.54) is 160 Å². The van der Waals surface area contributed by atoms with Crippen LogP contribution in [0.2, 0.25) is 0 Å². The van der Waals surface area contributed by atoms with E-state index in [2.05, 4.69) is 47.7 Å². The summed E-state index contributed by atoms with van der Waals surface area (Å²) < 4.78 is 47.7. The highest BCUT2D eigenvalue weighted by atomic mass is 32.3. The fourth-order valence-electron chi connectivity index (χ4n) is 9.00. The summed E-state index contributed by atoms with van der Waals surface area (Å²) in [6.07, 6.45) is 45.1. The molecule has 0 saturated carbocycles. The second-order valence-corrected chi connectivity index (χ2v) is 21.1. The molecule has 412 valence electrons. The Morgan fingerprint density at radius 3 is 1.37 bits per heavy atom. The summed E-state index contributed by atoms with van der Waals surface area (Å²) in [6, 6.07) is -1.14. The van der Waals surface area contributed by atoms with Crippen LogP contribution in [0.3, 0.4) is 0 Å². The topological polar surface area (TPSA) is 212 Å². The molecule has 1 aliphatic heterocycles. The van der Waals surface area contributed by atoms with Gasteiger partial charge in [0.2, 0.25) is 5.91 Å². The van der Waals surface area contributed by atoms with Crippen molar-refractivity contribution in [2.45, 2.75) is 300 Å². The van der Waals surface area contributed by atoms with Crippen LogP contribution in [0.1, 0.15) is 251 Å². The van der Waals surface area contributed by atoms with Crippen LogP contribution in [0.4, 0.5) is 0 Å². The van der Waals surface area contributed by atoms with Crippen LogP contribution in [0.5, 0.6) is 0 Å². The number of allylic oxidation sites excluding steroid dienone is 5. The maximum Gasteiger partial charge on any atom is 0.397 e. The molecule has 7 N–H and O–H groups in total. The van der Waals surface area contributed by atoms with Gasteiger partial charge in [-0.25, -0.2) is 4.18 Å². The summed E-state index contributed by atoms with van der Waals surface area (Å²) in [5.41, 5.74) is 0. The second-order valence-electron chi connectivity index (χ2n) is 20.0. The van der Waals surface area contributed by atoms with Gasteiger partial charge in [0.15, 0.2) is 6.29 Å². The number of amides is 1. The van der Waals surface area contributed by atoms with Crippen LogP contribution >= 0.6 is 0 Å². The number of nitrogens with one attached hydrogen (secondary N) is 1. The molecule has 0 spiro atoms. The molecular weight excluding hydrogens is 911 g/mol. The van der Waals surface area contributed by atoms with E-state index in [1.807, 2.05) is 0 Å². The number of carbonyl (C=O) groups excluding carboxylic acids is 1. The summed E-state index contributed by atoms with van der Waals surface area (Å²) in [6.45, 7) is 3.24. The van der Waals surface area contributed by atoms with Crippen LogP contribution in [0.15, 0.2) is 36.5 Å². The van der Waals surface area contributed by atoms with Crippen molar-refractivity contribution < 1.29 is 57.0 Å². The first-order valence-corrected chi connectivity index (χ1v) is 29.8. The molecule has 1 amide bonds. The summed E-state index contributed by atoms with van der Waals surface area (Å²) in [5.74, 6) is -0.714. The summed E-state index contributed by atoms with van der Waals surface area (Å²) in [4.78, 5) is 13.2. The van der Waals surface area contributed by atoms with Gasteiger partial charge in [0.25, 0.3) is 0 Å². The SMILES string of the molecule is CCCCCCCCCCCCCC/C=C\CCCCCCCCC(O)C(=O)NC(COC1OC(CO)C(O)C(OS(=O)(=O)O)C1O)C(O)/C=C/CC/C=C/CCCCCCCCCCCCCCC. The van der Waals surface area contributed by atoms with Crippen molar-refractivity contribution in [1.29, 1.82) is 0 Å². The van der Waals surface area contributed by atoms with Gasteiger partial charge in [-0.3, -0.25) is 9.35 Å². The Bertz CT molecular complexity index is 1400. The molecule has 8 atom stereocenters. The highest BCUT2D eigenvalue weighted by molar-refractivity contribution is 7.80. The molecule has 8 unspecified atom stereocenters. The number of unbranched alkanes of at least 4 members (excludes halogenated alkanes) is 32. The number of rotatable bonds is 49. The zero-order chi connectivity index (χ0) is 51.3. The lowest BCUT2D eigenvalue weighted by Crippen LogP contribution is -2.61. The Balaban J connectivity index is 2.47. The number of aliphatic hydroxyl groups is 5. The molecule has 70 heavy (non-hydrogen) atoms. The zero-order valence-corrected chi connectivity index (χ0v) is 45.0.